The van der Waals surface area contributed by atoms with E-state index in [1.54, 1.807) is 0 Å². The maximum Gasteiger partial charge on any atom is 0.199 e. The summed E-state index contributed by atoms with van der Waals surface area (Å²) in [4.78, 5) is 0. The summed E-state index contributed by atoms with van der Waals surface area (Å²) in [6, 6.07) is 3.42. The van der Waals surface area contributed by atoms with E-state index in [4.69, 9.17) is 9.47 Å². The van der Waals surface area contributed by atoms with Gasteiger partial charge < -0.3 is 9.47 Å². The predicted molar refractivity (Wildman–Crippen MR) is 70.8 cm³/mol. The van der Waals surface area contributed by atoms with E-state index >= 15 is 0 Å². The van der Waals surface area contributed by atoms with Crippen molar-refractivity contribution in [3.05, 3.63) is 47.5 Å². The van der Waals surface area contributed by atoms with Gasteiger partial charge in [-0.15, -0.1) is 0 Å². The van der Waals surface area contributed by atoms with Crippen molar-refractivity contribution >= 4 is 18.2 Å². The second-order valence-electron chi connectivity index (χ2n) is 4.16. The SMILES string of the molecule is COc1cc([B]c2cc(OC)c(F)cc2F)c(F)cc1F. The second kappa shape index (κ2) is 6.07. The van der Waals surface area contributed by atoms with Gasteiger partial charge in [0.1, 0.15) is 11.6 Å². The molecule has 2 nitrogen and oxygen atoms in total. The molecule has 109 valence electrons. The van der Waals surface area contributed by atoms with Crippen molar-refractivity contribution in [2.75, 3.05) is 14.2 Å². The van der Waals surface area contributed by atoms with Crippen molar-refractivity contribution in [2.24, 2.45) is 0 Å². The fourth-order valence-electron chi connectivity index (χ4n) is 1.79. The zero-order chi connectivity index (χ0) is 15.6. The lowest BCUT2D eigenvalue weighted by molar-refractivity contribution is 0.384. The van der Waals surface area contributed by atoms with Crippen LogP contribution in [0.4, 0.5) is 17.6 Å². The third-order valence-corrected chi connectivity index (χ3v) is 2.85. The van der Waals surface area contributed by atoms with Crippen LogP contribution < -0.4 is 20.4 Å². The van der Waals surface area contributed by atoms with Crippen molar-refractivity contribution in [1.82, 2.24) is 0 Å². The normalized spacial score (nSPS) is 10.4. The van der Waals surface area contributed by atoms with Gasteiger partial charge in [0.15, 0.2) is 30.4 Å². The van der Waals surface area contributed by atoms with Crippen LogP contribution in [0.15, 0.2) is 24.3 Å². The highest BCUT2D eigenvalue weighted by atomic mass is 19.1. The minimum absolute atomic E-state index is 0.0965. The first-order chi connectivity index (χ1) is 9.96. The van der Waals surface area contributed by atoms with E-state index < -0.39 is 23.3 Å². The fraction of sp³-hybridized carbons (Fsp3) is 0.143. The van der Waals surface area contributed by atoms with E-state index in [0.717, 1.165) is 19.4 Å². The summed E-state index contributed by atoms with van der Waals surface area (Å²) < 4.78 is 63.4. The topological polar surface area (TPSA) is 18.5 Å². The molecule has 1 radical (unpaired) electrons. The summed E-state index contributed by atoms with van der Waals surface area (Å²) in [5.41, 5.74) is -0.193. The average Bonchev–Trinajstić information content (AvgIpc) is 2.44. The molecule has 0 bridgehead atoms. The van der Waals surface area contributed by atoms with Crippen LogP contribution in [0.3, 0.4) is 0 Å². The number of benzene rings is 2. The Hall–Kier alpha value is -2.18. The quantitative estimate of drug-likeness (QED) is 0.634. The summed E-state index contributed by atoms with van der Waals surface area (Å²) in [6.07, 6.45) is 0. The molecule has 0 fully saturated rings. The zero-order valence-corrected chi connectivity index (χ0v) is 11.2. The number of methoxy groups -OCH3 is 2. The standard InChI is InChI=1S/C14H10BF4O2/c1-20-13-3-7(9(16)5-11(13)18)15-8-4-14(21-2)12(19)6-10(8)17/h3-6H,1-2H3. The molecule has 21 heavy (non-hydrogen) atoms. The Morgan fingerprint density at radius 3 is 1.38 bits per heavy atom. The summed E-state index contributed by atoms with van der Waals surface area (Å²) in [5, 5.41) is 0. The lowest BCUT2D eigenvalue weighted by atomic mass is 9.63. The molecule has 0 unspecified atom stereocenters. The van der Waals surface area contributed by atoms with Gasteiger partial charge in [-0.25, -0.2) is 17.6 Å². The van der Waals surface area contributed by atoms with E-state index in [1.165, 1.54) is 14.2 Å². The third kappa shape index (κ3) is 3.12. The molecular weight excluding hydrogens is 287 g/mol. The molecule has 0 atom stereocenters. The third-order valence-electron chi connectivity index (χ3n) is 2.85. The van der Waals surface area contributed by atoms with E-state index in [0.29, 0.717) is 12.1 Å². The van der Waals surface area contributed by atoms with E-state index in [2.05, 4.69) is 0 Å². The molecule has 0 N–H and O–H groups in total. The average molecular weight is 297 g/mol. The molecule has 0 aliphatic heterocycles. The first-order valence-electron chi connectivity index (χ1n) is 5.87. The van der Waals surface area contributed by atoms with Gasteiger partial charge in [-0.1, -0.05) is 0 Å². The Labute approximate surface area is 119 Å². The van der Waals surface area contributed by atoms with Gasteiger partial charge in [-0.05, 0) is 23.1 Å². The Bertz CT molecular complexity index is 619. The highest BCUT2D eigenvalue weighted by Gasteiger charge is 2.16. The molecule has 2 rings (SSSR count). The van der Waals surface area contributed by atoms with Crippen LogP contribution in [0.1, 0.15) is 0 Å². The van der Waals surface area contributed by atoms with E-state index in [9.17, 15) is 17.6 Å². The number of ether oxygens (including phenoxy) is 2. The largest absolute Gasteiger partial charge is 0.494 e. The van der Waals surface area contributed by atoms with Gasteiger partial charge in [0.25, 0.3) is 0 Å². The fourth-order valence-corrected chi connectivity index (χ4v) is 1.79. The minimum atomic E-state index is -0.893. The second-order valence-corrected chi connectivity index (χ2v) is 4.16. The van der Waals surface area contributed by atoms with E-state index in [-0.39, 0.29) is 22.4 Å². The number of rotatable bonds is 4. The summed E-state index contributed by atoms with van der Waals surface area (Å²) in [5.74, 6) is -3.89. The lowest BCUT2D eigenvalue weighted by Gasteiger charge is -2.09. The molecule has 0 aliphatic carbocycles. The van der Waals surface area contributed by atoms with Gasteiger partial charge in [0.05, 0.1) is 14.2 Å². The van der Waals surface area contributed by atoms with Crippen LogP contribution in [0, 0.1) is 23.3 Å². The van der Waals surface area contributed by atoms with E-state index in [1.807, 2.05) is 0 Å². The Morgan fingerprint density at radius 2 is 1.05 bits per heavy atom. The first-order valence-corrected chi connectivity index (χ1v) is 5.87. The van der Waals surface area contributed by atoms with Crippen LogP contribution in [-0.2, 0) is 0 Å². The first kappa shape index (κ1) is 15.2. The molecular formula is C14H10BF4O2. The molecule has 2 aromatic rings. The van der Waals surface area contributed by atoms with Crippen molar-refractivity contribution in [3.8, 4) is 11.5 Å². The Morgan fingerprint density at radius 1 is 0.667 bits per heavy atom. The van der Waals surface area contributed by atoms with Crippen LogP contribution in [-0.4, -0.2) is 21.5 Å². The summed E-state index contributed by atoms with van der Waals surface area (Å²) in [7, 11) is 3.55. The van der Waals surface area contributed by atoms with Crippen molar-refractivity contribution in [1.29, 1.82) is 0 Å². The zero-order valence-electron chi connectivity index (χ0n) is 11.2. The molecule has 0 spiro atoms. The van der Waals surface area contributed by atoms with Crippen LogP contribution in [0.25, 0.3) is 0 Å². The Kier molecular flexibility index (Phi) is 4.40. The summed E-state index contributed by atoms with van der Waals surface area (Å²) in [6.45, 7) is 0. The van der Waals surface area contributed by atoms with Crippen LogP contribution in [0.2, 0.25) is 0 Å². The monoisotopic (exact) mass is 297 g/mol. The van der Waals surface area contributed by atoms with Crippen LogP contribution in [0.5, 0.6) is 11.5 Å². The molecule has 7 heteroatoms. The maximum atomic E-state index is 13.7. The molecule has 0 saturated carbocycles. The molecule has 0 heterocycles. The number of hydrogen-bond donors (Lipinski definition) is 0. The molecule has 2 aromatic carbocycles. The number of halogens is 4. The lowest BCUT2D eigenvalue weighted by Crippen LogP contribution is -2.32. The van der Waals surface area contributed by atoms with Gasteiger partial charge in [-0.3, -0.25) is 0 Å². The van der Waals surface area contributed by atoms with Crippen molar-refractivity contribution in [3.63, 3.8) is 0 Å². The molecule has 0 aromatic heterocycles. The van der Waals surface area contributed by atoms with Crippen LogP contribution >= 0.6 is 0 Å². The summed E-state index contributed by atoms with van der Waals surface area (Å²) >= 11 is 0. The van der Waals surface area contributed by atoms with Crippen molar-refractivity contribution in [2.45, 2.75) is 0 Å². The number of hydrogen-bond acceptors (Lipinski definition) is 2. The molecule has 0 saturated heterocycles. The highest BCUT2D eigenvalue weighted by molar-refractivity contribution is 6.67. The minimum Gasteiger partial charge on any atom is -0.494 e. The molecule has 0 amide bonds. The van der Waals surface area contributed by atoms with Gasteiger partial charge in [-0.2, -0.15) is 0 Å². The molecule has 0 aliphatic rings. The van der Waals surface area contributed by atoms with Crippen molar-refractivity contribution < 1.29 is 27.0 Å². The van der Waals surface area contributed by atoms with Gasteiger partial charge >= 0.3 is 0 Å². The smallest absolute Gasteiger partial charge is 0.199 e. The highest BCUT2D eigenvalue weighted by Crippen LogP contribution is 2.17. The maximum absolute atomic E-state index is 13.7. The van der Waals surface area contributed by atoms with Gasteiger partial charge in [0.2, 0.25) is 0 Å². The van der Waals surface area contributed by atoms with Gasteiger partial charge in [0, 0.05) is 12.1 Å². The predicted octanol–water partition coefficient (Wildman–Crippen LogP) is 1.92. The Balaban J connectivity index is 2.42.